The van der Waals surface area contributed by atoms with E-state index in [1.54, 1.807) is 0 Å². The van der Waals surface area contributed by atoms with Gasteiger partial charge in [0, 0.05) is 31.1 Å². The SMILES string of the molecule is C#CC(O)(CC=C[C@H]1[C@H](O)CC(=O)[C@@H]1CCCCCCC(=O)O)CCCC. The summed E-state index contributed by atoms with van der Waals surface area (Å²) in [7, 11) is 0. The molecule has 5 heteroatoms. The molecular weight excluding hydrogens is 344 g/mol. The minimum absolute atomic E-state index is 0.0841. The number of terminal acetylenes is 1. The molecule has 0 bridgehead atoms. The Hall–Kier alpha value is -1.64. The normalized spacial score (nSPS) is 24.8. The molecule has 0 heterocycles. The molecule has 1 aliphatic rings. The van der Waals surface area contributed by atoms with Crippen molar-refractivity contribution in [2.75, 3.05) is 0 Å². The zero-order chi connectivity index (χ0) is 20.3. The van der Waals surface area contributed by atoms with Gasteiger partial charge in [0.15, 0.2) is 0 Å². The molecule has 0 spiro atoms. The number of aliphatic hydroxyl groups is 2. The Kier molecular flexibility index (Phi) is 10.4. The van der Waals surface area contributed by atoms with Crippen molar-refractivity contribution in [3.8, 4) is 12.3 Å². The van der Waals surface area contributed by atoms with E-state index in [4.69, 9.17) is 11.5 Å². The van der Waals surface area contributed by atoms with Crippen LogP contribution in [0.3, 0.4) is 0 Å². The van der Waals surface area contributed by atoms with Gasteiger partial charge >= 0.3 is 5.97 Å². The molecule has 0 saturated heterocycles. The number of carboxylic acid groups (broad SMARTS) is 1. The van der Waals surface area contributed by atoms with Crippen LogP contribution in [-0.2, 0) is 9.59 Å². The Morgan fingerprint density at radius 2 is 2.00 bits per heavy atom. The number of hydrogen-bond donors (Lipinski definition) is 3. The van der Waals surface area contributed by atoms with Crippen LogP contribution in [0.1, 0.15) is 77.6 Å². The van der Waals surface area contributed by atoms with Crippen molar-refractivity contribution in [2.45, 2.75) is 89.3 Å². The first-order chi connectivity index (χ1) is 12.8. The first kappa shape index (κ1) is 23.4. The topological polar surface area (TPSA) is 94.8 Å². The molecule has 1 aliphatic carbocycles. The molecule has 5 nitrogen and oxygen atoms in total. The highest BCUT2D eigenvalue weighted by atomic mass is 16.4. The Balaban J connectivity index is 2.51. The molecule has 1 fully saturated rings. The number of ketones is 1. The third-order valence-corrected chi connectivity index (χ3v) is 5.41. The Bertz CT molecular complexity index is 547. The van der Waals surface area contributed by atoms with E-state index < -0.39 is 17.7 Å². The molecule has 0 radical (unpaired) electrons. The summed E-state index contributed by atoms with van der Waals surface area (Å²) in [4.78, 5) is 22.7. The summed E-state index contributed by atoms with van der Waals surface area (Å²) in [6.45, 7) is 2.04. The van der Waals surface area contributed by atoms with Gasteiger partial charge in [0.25, 0.3) is 0 Å². The van der Waals surface area contributed by atoms with Crippen molar-refractivity contribution in [3.63, 3.8) is 0 Å². The van der Waals surface area contributed by atoms with Crippen molar-refractivity contribution in [3.05, 3.63) is 12.2 Å². The summed E-state index contributed by atoms with van der Waals surface area (Å²) in [6.07, 6.45) is 15.4. The number of carboxylic acids is 1. The van der Waals surface area contributed by atoms with Crippen molar-refractivity contribution in [1.82, 2.24) is 0 Å². The third kappa shape index (κ3) is 8.28. The number of rotatable bonds is 13. The molecule has 0 aliphatic heterocycles. The van der Waals surface area contributed by atoms with E-state index in [9.17, 15) is 19.8 Å². The molecule has 27 heavy (non-hydrogen) atoms. The molecule has 1 rings (SSSR count). The second kappa shape index (κ2) is 11.9. The van der Waals surface area contributed by atoms with Gasteiger partial charge in [0.05, 0.1) is 6.10 Å². The minimum Gasteiger partial charge on any atom is -0.481 e. The maximum absolute atomic E-state index is 12.2. The van der Waals surface area contributed by atoms with Gasteiger partial charge in [-0.15, -0.1) is 6.42 Å². The fraction of sp³-hybridized carbons (Fsp3) is 0.727. The van der Waals surface area contributed by atoms with Gasteiger partial charge in [-0.2, -0.15) is 0 Å². The summed E-state index contributed by atoms with van der Waals surface area (Å²) in [5.74, 6) is 1.34. The first-order valence-corrected chi connectivity index (χ1v) is 10.1. The fourth-order valence-electron chi connectivity index (χ4n) is 3.71. The maximum Gasteiger partial charge on any atom is 0.303 e. The molecule has 1 unspecified atom stereocenters. The summed E-state index contributed by atoms with van der Waals surface area (Å²) >= 11 is 0. The lowest BCUT2D eigenvalue weighted by Gasteiger charge is -2.21. The van der Waals surface area contributed by atoms with Crippen molar-refractivity contribution < 1.29 is 24.9 Å². The van der Waals surface area contributed by atoms with Gasteiger partial charge in [-0.05, 0) is 25.7 Å². The van der Waals surface area contributed by atoms with E-state index >= 15 is 0 Å². The van der Waals surface area contributed by atoms with Crippen LogP contribution >= 0.6 is 0 Å². The molecule has 3 N–H and O–H groups in total. The lowest BCUT2D eigenvalue weighted by Crippen LogP contribution is -2.25. The highest BCUT2D eigenvalue weighted by molar-refractivity contribution is 5.84. The van der Waals surface area contributed by atoms with Crippen LogP contribution in [0.4, 0.5) is 0 Å². The quantitative estimate of drug-likeness (QED) is 0.259. The Morgan fingerprint density at radius 1 is 1.30 bits per heavy atom. The lowest BCUT2D eigenvalue weighted by molar-refractivity contribution is -0.137. The molecule has 152 valence electrons. The van der Waals surface area contributed by atoms with Crippen molar-refractivity contribution in [2.24, 2.45) is 11.8 Å². The van der Waals surface area contributed by atoms with Crippen LogP contribution in [0.5, 0.6) is 0 Å². The zero-order valence-corrected chi connectivity index (χ0v) is 16.4. The number of aliphatic carboxylic acids is 1. The van der Waals surface area contributed by atoms with E-state index in [1.807, 2.05) is 19.1 Å². The molecular formula is C22H34O5. The highest BCUT2D eigenvalue weighted by Crippen LogP contribution is 2.34. The predicted octanol–water partition coefficient (Wildman–Crippen LogP) is 3.48. The van der Waals surface area contributed by atoms with Gasteiger partial charge < -0.3 is 15.3 Å². The number of carbonyl (C=O) groups is 2. The number of hydrogen-bond acceptors (Lipinski definition) is 4. The van der Waals surface area contributed by atoms with E-state index in [1.165, 1.54) is 0 Å². The van der Waals surface area contributed by atoms with E-state index in [0.29, 0.717) is 25.7 Å². The lowest BCUT2D eigenvalue weighted by atomic mass is 9.87. The van der Waals surface area contributed by atoms with E-state index in [0.717, 1.165) is 32.1 Å². The van der Waals surface area contributed by atoms with Crippen LogP contribution in [0.25, 0.3) is 0 Å². The van der Waals surface area contributed by atoms with Gasteiger partial charge in [-0.1, -0.05) is 50.7 Å². The van der Waals surface area contributed by atoms with Crippen LogP contribution < -0.4 is 0 Å². The summed E-state index contributed by atoms with van der Waals surface area (Å²) in [5, 5.41) is 29.3. The summed E-state index contributed by atoms with van der Waals surface area (Å²) < 4.78 is 0. The van der Waals surface area contributed by atoms with E-state index in [-0.39, 0.29) is 30.5 Å². The predicted molar refractivity (Wildman–Crippen MR) is 105 cm³/mol. The van der Waals surface area contributed by atoms with Crippen molar-refractivity contribution >= 4 is 11.8 Å². The average Bonchev–Trinajstić information content (AvgIpc) is 2.89. The number of Topliss-reactive ketones (excluding diaryl/α,β-unsaturated/α-hetero) is 1. The summed E-state index contributed by atoms with van der Waals surface area (Å²) in [6, 6.07) is 0. The number of unbranched alkanes of at least 4 members (excludes halogenated alkanes) is 4. The minimum atomic E-state index is -1.17. The van der Waals surface area contributed by atoms with Gasteiger partial charge in [-0.25, -0.2) is 0 Å². The van der Waals surface area contributed by atoms with Crippen molar-refractivity contribution in [1.29, 1.82) is 0 Å². The van der Waals surface area contributed by atoms with Gasteiger partial charge in [-0.3, -0.25) is 9.59 Å². The van der Waals surface area contributed by atoms with Crippen LogP contribution in [0.2, 0.25) is 0 Å². The molecule has 0 aromatic carbocycles. The second-order valence-electron chi connectivity index (χ2n) is 7.68. The van der Waals surface area contributed by atoms with Crippen LogP contribution in [0.15, 0.2) is 12.2 Å². The van der Waals surface area contributed by atoms with Gasteiger partial charge in [0.2, 0.25) is 0 Å². The largest absolute Gasteiger partial charge is 0.481 e. The number of aliphatic hydroxyl groups excluding tert-OH is 1. The smallest absolute Gasteiger partial charge is 0.303 e. The molecule has 0 amide bonds. The first-order valence-electron chi connectivity index (χ1n) is 10.1. The molecule has 1 saturated carbocycles. The van der Waals surface area contributed by atoms with Crippen LogP contribution in [0, 0.1) is 24.2 Å². The zero-order valence-electron chi connectivity index (χ0n) is 16.4. The standard InChI is InChI=1S/C22H34O5/c1-3-5-14-22(27,4-2)15-10-12-18-17(19(23)16-20(18)24)11-8-6-7-9-13-21(25)26/h2,10,12,17-18,20,24,27H,3,5-9,11,13-16H2,1H3,(H,25,26)/t17-,18-,20-,22?/m1/s1. The van der Waals surface area contributed by atoms with Crippen LogP contribution in [-0.4, -0.2) is 38.8 Å². The molecule has 4 atom stereocenters. The maximum atomic E-state index is 12.2. The monoisotopic (exact) mass is 378 g/mol. The van der Waals surface area contributed by atoms with Gasteiger partial charge in [0.1, 0.15) is 11.4 Å². The second-order valence-corrected chi connectivity index (χ2v) is 7.68. The molecule has 0 aromatic rings. The average molecular weight is 379 g/mol. The molecule has 0 aromatic heterocycles. The Labute approximate surface area is 162 Å². The third-order valence-electron chi connectivity index (χ3n) is 5.41. The van der Waals surface area contributed by atoms with E-state index in [2.05, 4.69) is 5.92 Å². The Morgan fingerprint density at radius 3 is 2.63 bits per heavy atom. The number of carbonyl (C=O) groups excluding carboxylic acids is 1. The highest BCUT2D eigenvalue weighted by Gasteiger charge is 2.39. The summed E-state index contributed by atoms with van der Waals surface area (Å²) in [5.41, 5.74) is -1.17. The fourth-order valence-corrected chi connectivity index (χ4v) is 3.71.